The summed E-state index contributed by atoms with van der Waals surface area (Å²) in [5.74, 6) is 0.868. The van der Waals surface area contributed by atoms with E-state index >= 15 is 0 Å². The normalized spacial score (nSPS) is 15.1. The highest BCUT2D eigenvalue weighted by molar-refractivity contribution is 8.01. The Bertz CT molecular complexity index is 918. The van der Waals surface area contributed by atoms with Crippen LogP contribution in [0.15, 0.2) is 77.1 Å². The predicted octanol–water partition coefficient (Wildman–Crippen LogP) is 3.65. The molecule has 3 aromatic rings. The van der Waals surface area contributed by atoms with E-state index in [0.717, 1.165) is 30.3 Å². The van der Waals surface area contributed by atoms with Crippen molar-refractivity contribution in [3.05, 3.63) is 72.8 Å². The average Bonchev–Trinajstić information content (AvgIpc) is 3.29. The predicted molar refractivity (Wildman–Crippen MR) is 118 cm³/mol. The van der Waals surface area contributed by atoms with Gasteiger partial charge >= 0.3 is 0 Å². The van der Waals surface area contributed by atoms with E-state index in [-0.39, 0.29) is 4.75 Å². The van der Waals surface area contributed by atoms with Gasteiger partial charge in [0, 0.05) is 22.7 Å². The Balaban J connectivity index is 1.34. The molecule has 1 heterocycles. The molecule has 0 spiro atoms. The fourth-order valence-corrected chi connectivity index (χ4v) is 4.29. The van der Waals surface area contributed by atoms with Crippen molar-refractivity contribution in [2.24, 2.45) is 4.99 Å². The Morgan fingerprint density at radius 3 is 2.55 bits per heavy atom. The third-order valence-corrected chi connectivity index (χ3v) is 6.34. The molecule has 0 radical (unpaired) electrons. The summed E-state index contributed by atoms with van der Waals surface area (Å²) in [5.41, 5.74) is 2.15. The number of rotatable bonds is 8. The largest absolute Gasteiger partial charge is 0.357 e. The lowest BCUT2D eigenvalue weighted by Crippen LogP contribution is -2.41. The van der Waals surface area contributed by atoms with E-state index in [2.05, 4.69) is 70.1 Å². The fourth-order valence-electron chi connectivity index (χ4n) is 3.05. The van der Waals surface area contributed by atoms with Crippen molar-refractivity contribution in [1.82, 2.24) is 25.4 Å². The maximum atomic E-state index is 4.76. The van der Waals surface area contributed by atoms with Crippen LogP contribution in [0.2, 0.25) is 0 Å². The van der Waals surface area contributed by atoms with Crippen LogP contribution < -0.4 is 10.6 Å². The van der Waals surface area contributed by atoms with Crippen molar-refractivity contribution >= 4 is 17.7 Å². The highest BCUT2D eigenvalue weighted by Crippen LogP contribution is 2.51. The van der Waals surface area contributed by atoms with Crippen LogP contribution in [0.5, 0.6) is 0 Å². The van der Waals surface area contributed by atoms with Crippen LogP contribution >= 0.6 is 11.8 Å². The maximum absolute atomic E-state index is 4.76. The summed E-state index contributed by atoms with van der Waals surface area (Å²) in [5, 5.41) is 11.1. The Hall–Kier alpha value is -2.80. The molecule has 4 rings (SSSR count). The summed E-state index contributed by atoms with van der Waals surface area (Å²) in [4.78, 5) is 10.1. The van der Waals surface area contributed by atoms with E-state index in [4.69, 9.17) is 4.99 Å². The maximum Gasteiger partial charge on any atom is 0.191 e. The quantitative estimate of drug-likeness (QED) is 0.442. The number of guanidine groups is 1. The lowest BCUT2D eigenvalue weighted by atomic mass is 10.2. The summed E-state index contributed by atoms with van der Waals surface area (Å²) in [7, 11) is 0. The zero-order valence-electron chi connectivity index (χ0n) is 16.6. The molecular weight excluding hydrogens is 380 g/mol. The van der Waals surface area contributed by atoms with Gasteiger partial charge in [0.1, 0.15) is 12.7 Å². The topological polar surface area (TPSA) is 67.1 Å². The minimum Gasteiger partial charge on any atom is -0.357 e. The molecular formula is C22H26N6S. The number of hydrogen-bond donors (Lipinski definition) is 2. The Kier molecular flexibility index (Phi) is 6.14. The Morgan fingerprint density at radius 2 is 1.90 bits per heavy atom. The van der Waals surface area contributed by atoms with Crippen molar-refractivity contribution in [2.75, 3.05) is 13.1 Å². The summed E-state index contributed by atoms with van der Waals surface area (Å²) < 4.78 is 2.04. The van der Waals surface area contributed by atoms with Crippen molar-refractivity contribution < 1.29 is 0 Å². The molecule has 0 atom stereocenters. The molecule has 0 aliphatic heterocycles. The molecule has 6 nitrogen and oxygen atoms in total. The first-order chi connectivity index (χ1) is 14.3. The van der Waals surface area contributed by atoms with Crippen molar-refractivity contribution in [3.63, 3.8) is 0 Å². The first kappa shape index (κ1) is 19.5. The van der Waals surface area contributed by atoms with Gasteiger partial charge in [0.05, 0.1) is 12.2 Å². The van der Waals surface area contributed by atoms with Gasteiger partial charge in [-0.25, -0.2) is 14.7 Å². The van der Waals surface area contributed by atoms with Gasteiger partial charge in [-0.1, -0.05) is 30.3 Å². The zero-order chi connectivity index (χ0) is 19.9. The second-order valence-corrected chi connectivity index (χ2v) is 8.69. The van der Waals surface area contributed by atoms with Crippen molar-refractivity contribution in [1.29, 1.82) is 0 Å². The highest BCUT2D eigenvalue weighted by atomic mass is 32.2. The number of nitrogens with one attached hydrogen (secondary N) is 2. The fraction of sp³-hybridized carbons (Fsp3) is 0.318. The van der Waals surface area contributed by atoms with Crippen LogP contribution in [0, 0.1) is 0 Å². The minimum absolute atomic E-state index is 0.289. The van der Waals surface area contributed by atoms with E-state index in [1.807, 2.05) is 23.9 Å². The molecule has 1 aliphatic carbocycles. The first-order valence-corrected chi connectivity index (χ1v) is 10.8. The molecule has 0 bridgehead atoms. The van der Waals surface area contributed by atoms with E-state index in [1.165, 1.54) is 24.1 Å². The third kappa shape index (κ3) is 5.38. The highest BCUT2D eigenvalue weighted by Gasteiger charge is 2.43. The molecule has 1 saturated carbocycles. The van der Waals surface area contributed by atoms with E-state index in [0.29, 0.717) is 6.54 Å². The summed E-state index contributed by atoms with van der Waals surface area (Å²) in [6, 6.07) is 18.9. The second-order valence-electron chi connectivity index (χ2n) is 7.15. The van der Waals surface area contributed by atoms with Crippen LogP contribution in [0.4, 0.5) is 0 Å². The van der Waals surface area contributed by atoms with E-state index in [1.54, 1.807) is 11.0 Å². The van der Waals surface area contributed by atoms with Gasteiger partial charge < -0.3 is 10.6 Å². The van der Waals surface area contributed by atoms with E-state index in [9.17, 15) is 0 Å². The van der Waals surface area contributed by atoms with Gasteiger partial charge in [-0.05, 0) is 49.6 Å². The summed E-state index contributed by atoms with van der Waals surface area (Å²) >= 11 is 1.97. The molecule has 1 aliphatic rings. The SMILES string of the molecule is CCNC(=NCc1ccc(-n2cncn2)cc1)NCC1(Sc2ccccc2)CC1. The van der Waals surface area contributed by atoms with Crippen LogP contribution in [0.3, 0.4) is 0 Å². The van der Waals surface area contributed by atoms with Crippen molar-refractivity contribution in [3.8, 4) is 5.69 Å². The van der Waals surface area contributed by atoms with Crippen LogP contribution in [0.1, 0.15) is 25.3 Å². The molecule has 0 unspecified atom stereocenters. The smallest absolute Gasteiger partial charge is 0.191 e. The minimum atomic E-state index is 0.289. The van der Waals surface area contributed by atoms with Gasteiger partial charge in [0.2, 0.25) is 0 Å². The summed E-state index contributed by atoms with van der Waals surface area (Å²) in [6.45, 7) is 4.49. The molecule has 0 saturated heterocycles. The molecule has 1 fully saturated rings. The van der Waals surface area contributed by atoms with Crippen LogP contribution in [-0.2, 0) is 6.54 Å². The van der Waals surface area contributed by atoms with Gasteiger partial charge in [-0.3, -0.25) is 0 Å². The molecule has 150 valence electrons. The number of hydrogen-bond acceptors (Lipinski definition) is 4. The second kappa shape index (κ2) is 9.13. The van der Waals surface area contributed by atoms with Crippen LogP contribution in [-0.4, -0.2) is 38.6 Å². The van der Waals surface area contributed by atoms with Gasteiger partial charge in [0.25, 0.3) is 0 Å². The average molecular weight is 407 g/mol. The molecule has 2 aromatic carbocycles. The molecule has 7 heteroatoms. The Morgan fingerprint density at radius 1 is 1.10 bits per heavy atom. The standard InChI is InChI=1S/C22H26N6S/c1-2-24-21(26-15-22(12-13-22)29-20-6-4-3-5-7-20)25-14-18-8-10-19(11-9-18)28-17-23-16-27-28/h3-11,16-17H,2,12-15H2,1H3,(H2,24,25,26). The van der Waals surface area contributed by atoms with Crippen LogP contribution in [0.25, 0.3) is 5.69 Å². The Labute approximate surface area is 175 Å². The van der Waals surface area contributed by atoms with E-state index < -0.39 is 0 Å². The monoisotopic (exact) mass is 406 g/mol. The summed E-state index contributed by atoms with van der Waals surface area (Å²) in [6.07, 6.45) is 5.71. The molecule has 2 N–H and O–H groups in total. The van der Waals surface area contributed by atoms with Gasteiger partial charge in [-0.15, -0.1) is 11.8 Å². The lowest BCUT2D eigenvalue weighted by Gasteiger charge is -2.18. The molecule has 0 amide bonds. The number of thioether (sulfide) groups is 1. The first-order valence-electron chi connectivity index (χ1n) is 9.96. The number of aliphatic imine (C=N–C) groups is 1. The lowest BCUT2D eigenvalue weighted by molar-refractivity contribution is 0.769. The third-order valence-electron chi connectivity index (χ3n) is 4.85. The number of benzene rings is 2. The molecule has 29 heavy (non-hydrogen) atoms. The number of aromatic nitrogens is 3. The van der Waals surface area contributed by atoms with Gasteiger partial charge in [-0.2, -0.15) is 5.10 Å². The zero-order valence-corrected chi connectivity index (χ0v) is 17.4. The number of nitrogens with zero attached hydrogens (tertiary/aromatic N) is 4. The van der Waals surface area contributed by atoms with Crippen molar-refractivity contribution in [2.45, 2.75) is 36.0 Å². The van der Waals surface area contributed by atoms with Gasteiger partial charge in [0.15, 0.2) is 5.96 Å². The molecule has 1 aromatic heterocycles.